The number of benzene rings is 1. The number of amidine groups is 1. The van der Waals surface area contributed by atoms with E-state index in [1.54, 1.807) is 0 Å². The van der Waals surface area contributed by atoms with Crippen LogP contribution in [0.5, 0.6) is 0 Å². The monoisotopic (exact) mass is 319 g/mol. The first kappa shape index (κ1) is 17.4. The van der Waals surface area contributed by atoms with Crippen molar-refractivity contribution >= 4 is 17.7 Å². The van der Waals surface area contributed by atoms with E-state index < -0.39 is 6.09 Å². The molecule has 0 heterocycles. The van der Waals surface area contributed by atoms with Crippen molar-refractivity contribution in [1.29, 1.82) is 0 Å². The summed E-state index contributed by atoms with van der Waals surface area (Å²) in [6, 6.07) is 6.64. The number of hydrogen-bond acceptors (Lipinski definition) is 2. The van der Waals surface area contributed by atoms with Crippen molar-refractivity contribution in [2.45, 2.75) is 45.6 Å². The van der Waals surface area contributed by atoms with Crippen molar-refractivity contribution in [2.24, 2.45) is 21.5 Å². The number of hydrogen-bond donors (Lipinski definition) is 2. The minimum atomic E-state index is -1.08. The van der Waals surface area contributed by atoms with Crippen LogP contribution in [-0.2, 0) is 12.8 Å². The predicted molar refractivity (Wildman–Crippen MR) is 93.8 cm³/mol. The topological polar surface area (TPSA) is 80.0 Å². The number of guanidine groups is 1. The number of nitrogens with zero attached hydrogens (tertiary/aromatic N) is 3. The van der Waals surface area contributed by atoms with E-state index in [0.29, 0.717) is 11.7 Å². The van der Waals surface area contributed by atoms with Gasteiger partial charge in [-0.1, -0.05) is 19.9 Å². The van der Waals surface area contributed by atoms with Gasteiger partial charge >= 0.3 is 0 Å². The molecule has 0 spiro atoms. The Morgan fingerprint density at radius 2 is 1.83 bits per heavy atom. The summed E-state index contributed by atoms with van der Waals surface area (Å²) in [5.41, 5.74) is 13.8. The van der Waals surface area contributed by atoms with E-state index in [1.807, 2.05) is 12.1 Å². The van der Waals surface area contributed by atoms with Gasteiger partial charge in [0.05, 0.1) is 5.69 Å². The number of nitrogens with two attached hydrogens (primary N) is 2. The van der Waals surface area contributed by atoms with Gasteiger partial charge in [-0.15, -0.1) is 0 Å². The van der Waals surface area contributed by atoms with Crippen molar-refractivity contribution in [3.8, 4) is 0 Å². The molecule has 0 aromatic heterocycles. The maximum Gasteiger partial charge on any atom is 0.283 e. The maximum atomic E-state index is 12.5. The highest BCUT2D eigenvalue weighted by atomic mass is 19.1. The molecule has 0 bridgehead atoms. The molecule has 1 unspecified atom stereocenters. The van der Waals surface area contributed by atoms with Gasteiger partial charge in [-0.3, -0.25) is 0 Å². The highest BCUT2D eigenvalue weighted by molar-refractivity contribution is 5.91. The van der Waals surface area contributed by atoms with Crippen LogP contribution < -0.4 is 11.5 Å². The molecule has 23 heavy (non-hydrogen) atoms. The van der Waals surface area contributed by atoms with Crippen LogP contribution in [0.1, 0.15) is 37.8 Å². The second kappa shape index (κ2) is 8.06. The molecule has 0 fully saturated rings. The van der Waals surface area contributed by atoms with Crippen molar-refractivity contribution in [2.75, 3.05) is 13.1 Å². The zero-order valence-corrected chi connectivity index (χ0v) is 13.9. The lowest BCUT2D eigenvalue weighted by molar-refractivity contribution is 0.199. The number of fused-ring (bicyclic) bond motifs is 1. The third kappa shape index (κ3) is 4.76. The van der Waals surface area contributed by atoms with E-state index in [9.17, 15) is 4.39 Å². The summed E-state index contributed by atoms with van der Waals surface area (Å²) in [6.45, 7) is 6.61. The summed E-state index contributed by atoms with van der Waals surface area (Å²) in [5, 5.41) is 0. The molecule has 0 saturated heterocycles. The standard InChI is InChI=1S/C17H26FN5/c1-3-23(4-2)15-9-6-12-5-8-14(11-13(12)7-10-15)21-17(20)22-16(18)19/h5,8,11,15H,3-4,6-7,9-10H2,1-2H3,(H4,19,20,21,22). The van der Waals surface area contributed by atoms with E-state index in [-0.39, 0.29) is 5.96 Å². The van der Waals surface area contributed by atoms with Crippen LogP contribution in [0.4, 0.5) is 10.1 Å². The summed E-state index contributed by atoms with van der Waals surface area (Å²) in [5.74, 6) is -0.167. The fraction of sp³-hybridized carbons (Fsp3) is 0.529. The Balaban J connectivity index is 2.16. The first-order valence-electron chi connectivity index (χ1n) is 8.23. The van der Waals surface area contributed by atoms with Gasteiger partial charge in [0.25, 0.3) is 6.09 Å². The second-order valence-electron chi connectivity index (χ2n) is 5.81. The van der Waals surface area contributed by atoms with Crippen LogP contribution in [0.3, 0.4) is 0 Å². The van der Waals surface area contributed by atoms with E-state index in [2.05, 4.69) is 34.8 Å². The Morgan fingerprint density at radius 1 is 1.17 bits per heavy atom. The molecule has 0 saturated carbocycles. The normalized spacial score (nSPS) is 19.6. The van der Waals surface area contributed by atoms with Gasteiger partial charge < -0.3 is 16.4 Å². The minimum absolute atomic E-state index is 0.167. The summed E-state index contributed by atoms with van der Waals surface area (Å²) in [6.07, 6.45) is 3.34. The van der Waals surface area contributed by atoms with Crippen molar-refractivity contribution in [1.82, 2.24) is 4.90 Å². The Morgan fingerprint density at radius 3 is 2.43 bits per heavy atom. The van der Waals surface area contributed by atoms with Crippen molar-refractivity contribution in [3.63, 3.8) is 0 Å². The SMILES string of the molecule is CCN(CC)C1CCc2ccc(N=C(N)/N=C(\N)F)cc2CC1. The summed E-state index contributed by atoms with van der Waals surface area (Å²) < 4.78 is 12.5. The van der Waals surface area contributed by atoms with Gasteiger partial charge in [-0.05, 0) is 62.0 Å². The molecule has 1 aliphatic rings. The molecule has 0 amide bonds. The molecule has 1 aromatic carbocycles. The average Bonchev–Trinajstić information content (AvgIpc) is 2.70. The van der Waals surface area contributed by atoms with E-state index in [4.69, 9.17) is 11.5 Å². The molecule has 0 radical (unpaired) electrons. The average molecular weight is 319 g/mol. The Hall–Kier alpha value is -1.95. The fourth-order valence-corrected chi connectivity index (χ4v) is 3.32. The van der Waals surface area contributed by atoms with E-state index in [1.165, 1.54) is 17.5 Å². The van der Waals surface area contributed by atoms with Crippen LogP contribution in [-0.4, -0.2) is 36.1 Å². The molecule has 5 nitrogen and oxygen atoms in total. The lowest BCUT2D eigenvalue weighted by Crippen LogP contribution is -2.35. The summed E-state index contributed by atoms with van der Waals surface area (Å²) in [4.78, 5) is 9.94. The smallest absolute Gasteiger partial charge is 0.283 e. The van der Waals surface area contributed by atoms with Crippen LogP contribution in [0.2, 0.25) is 0 Å². The van der Waals surface area contributed by atoms with Gasteiger partial charge in [0, 0.05) is 6.04 Å². The zero-order chi connectivity index (χ0) is 16.8. The second-order valence-corrected chi connectivity index (χ2v) is 5.81. The molecule has 2 rings (SSSR count). The van der Waals surface area contributed by atoms with Gasteiger partial charge in [0.2, 0.25) is 5.96 Å². The number of aryl methyl sites for hydroxylation is 2. The molecular formula is C17H26FN5. The first-order valence-corrected chi connectivity index (χ1v) is 8.23. The zero-order valence-electron chi connectivity index (χ0n) is 13.9. The van der Waals surface area contributed by atoms with Gasteiger partial charge in [0.15, 0.2) is 0 Å². The Kier molecular flexibility index (Phi) is 6.10. The fourth-order valence-electron chi connectivity index (χ4n) is 3.32. The molecule has 1 atom stereocenters. The quantitative estimate of drug-likeness (QED) is 0.387. The molecular weight excluding hydrogens is 293 g/mol. The Labute approximate surface area is 137 Å². The first-order chi connectivity index (χ1) is 11.0. The van der Waals surface area contributed by atoms with Crippen LogP contribution in [0.25, 0.3) is 0 Å². The van der Waals surface area contributed by atoms with Crippen molar-refractivity contribution < 1.29 is 4.39 Å². The van der Waals surface area contributed by atoms with Gasteiger partial charge in [0.1, 0.15) is 0 Å². The van der Waals surface area contributed by atoms with Gasteiger partial charge in [-0.2, -0.15) is 9.38 Å². The third-order valence-electron chi connectivity index (χ3n) is 4.48. The largest absolute Gasteiger partial charge is 0.368 e. The lowest BCUT2D eigenvalue weighted by Gasteiger charge is -2.28. The molecule has 1 aromatic rings. The van der Waals surface area contributed by atoms with Gasteiger partial charge in [-0.25, -0.2) is 4.99 Å². The highest BCUT2D eigenvalue weighted by Gasteiger charge is 2.20. The minimum Gasteiger partial charge on any atom is -0.368 e. The number of aliphatic imine (C=N–C) groups is 2. The summed E-state index contributed by atoms with van der Waals surface area (Å²) in [7, 11) is 0. The molecule has 126 valence electrons. The predicted octanol–water partition coefficient (Wildman–Crippen LogP) is 2.51. The number of halogens is 1. The van der Waals surface area contributed by atoms with Crippen LogP contribution in [0, 0.1) is 0 Å². The van der Waals surface area contributed by atoms with E-state index in [0.717, 1.165) is 32.4 Å². The molecule has 1 aliphatic carbocycles. The third-order valence-corrected chi connectivity index (χ3v) is 4.48. The lowest BCUT2D eigenvalue weighted by atomic mass is 10.0. The van der Waals surface area contributed by atoms with E-state index >= 15 is 0 Å². The van der Waals surface area contributed by atoms with Crippen LogP contribution >= 0.6 is 0 Å². The molecule has 4 N–H and O–H groups in total. The maximum absolute atomic E-state index is 12.5. The molecule has 0 aliphatic heterocycles. The van der Waals surface area contributed by atoms with Crippen LogP contribution in [0.15, 0.2) is 28.2 Å². The summed E-state index contributed by atoms with van der Waals surface area (Å²) >= 11 is 0. The van der Waals surface area contributed by atoms with Crippen molar-refractivity contribution in [3.05, 3.63) is 29.3 Å². The number of rotatable bonds is 4. The highest BCUT2D eigenvalue weighted by Crippen LogP contribution is 2.27. The Bertz CT molecular complexity index is 589. The molecule has 6 heteroatoms.